The number of benzene rings is 1. The van der Waals surface area contributed by atoms with E-state index in [1.807, 2.05) is 0 Å². The fourth-order valence-corrected chi connectivity index (χ4v) is 0.964. The Kier molecular flexibility index (Phi) is 3.08. The molecule has 4 heteroatoms. The monoisotopic (exact) mass is 196 g/mol. The minimum Gasteiger partial charge on any atom is -0.419 e. The van der Waals surface area contributed by atoms with E-state index in [1.54, 1.807) is 24.3 Å². The second-order valence-corrected chi connectivity index (χ2v) is 2.81. The largest absolute Gasteiger partial charge is 0.419 e. The van der Waals surface area contributed by atoms with E-state index < -0.39 is 5.30 Å². The molecule has 0 unspecified atom stereocenters. The number of hydrogen-bond acceptors (Lipinski definition) is 3. The van der Waals surface area contributed by atoms with Crippen molar-refractivity contribution in [3.05, 3.63) is 29.8 Å². The molecular weight excluding hydrogens is 188 g/mol. The SMILES string of the molecule is CC(=O)c1ccc(OC(=O)S)cc1. The molecule has 0 N–H and O–H groups in total. The zero-order valence-electron chi connectivity index (χ0n) is 6.98. The number of thiol groups is 1. The summed E-state index contributed by atoms with van der Waals surface area (Å²) in [5, 5.41) is -0.671. The molecule has 0 amide bonds. The lowest BCUT2D eigenvalue weighted by Gasteiger charge is -2.00. The molecule has 1 rings (SSSR count). The zero-order chi connectivity index (χ0) is 9.84. The standard InChI is InChI=1S/C9H8O3S/c1-6(10)7-2-4-8(5-3-7)12-9(11)13/h2-5H,1H3,(H,11,13). The van der Waals surface area contributed by atoms with Gasteiger partial charge in [-0.3, -0.25) is 4.79 Å². The van der Waals surface area contributed by atoms with Crippen LogP contribution in [0.4, 0.5) is 4.79 Å². The highest BCUT2D eigenvalue weighted by Crippen LogP contribution is 2.13. The second-order valence-electron chi connectivity index (χ2n) is 2.45. The summed E-state index contributed by atoms with van der Waals surface area (Å²) in [6, 6.07) is 6.28. The molecule has 0 spiro atoms. The molecule has 0 heterocycles. The summed E-state index contributed by atoms with van der Waals surface area (Å²) >= 11 is 3.45. The number of hydrogen-bond donors (Lipinski definition) is 1. The van der Waals surface area contributed by atoms with Gasteiger partial charge in [-0.2, -0.15) is 0 Å². The van der Waals surface area contributed by atoms with Crippen molar-refractivity contribution in [1.82, 2.24) is 0 Å². The third-order valence-corrected chi connectivity index (χ3v) is 1.56. The molecule has 0 saturated carbocycles. The van der Waals surface area contributed by atoms with Crippen LogP contribution in [-0.2, 0) is 0 Å². The zero-order valence-corrected chi connectivity index (χ0v) is 7.88. The van der Waals surface area contributed by atoms with Gasteiger partial charge in [0.25, 0.3) is 0 Å². The molecule has 0 aliphatic heterocycles. The Morgan fingerprint density at radius 3 is 2.15 bits per heavy atom. The van der Waals surface area contributed by atoms with Crippen molar-refractivity contribution in [2.75, 3.05) is 0 Å². The van der Waals surface area contributed by atoms with Crippen LogP contribution in [0.2, 0.25) is 0 Å². The minimum absolute atomic E-state index is 0.0243. The van der Waals surface area contributed by atoms with Crippen LogP contribution in [0.3, 0.4) is 0 Å². The number of carbonyl (C=O) groups excluding carboxylic acids is 2. The van der Waals surface area contributed by atoms with Gasteiger partial charge in [-0.25, -0.2) is 4.79 Å². The van der Waals surface area contributed by atoms with Crippen LogP contribution >= 0.6 is 12.6 Å². The van der Waals surface area contributed by atoms with Crippen molar-refractivity contribution in [3.63, 3.8) is 0 Å². The van der Waals surface area contributed by atoms with Gasteiger partial charge in [0.05, 0.1) is 0 Å². The highest BCUT2D eigenvalue weighted by molar-refractivity contribution is 7.96. The van der Waals surface area contributed by atoms with Crippen molar-refractivity contribution in [2.45, 2.75) is 6.92 Å². The third kappa shape index (κ3) is 2.91. The predicted molar refractivity (Wildman–Crippen MR) is 51.5 cm³/mol. The first-order valence-corrected chi connectivity index (χ1v) is 4.06. The van der Waals surface area contributed by atoms with E-state index in [0.29, 0.717) is 11.3 Å². The van der Waals surface area contributed by atoms with Gasteiger partial charge in [0, 0.05) is 5.56 Å². The summed E-state index contributed by atoms with van der Waals surface area (Å²) in [4.78, 5) is 21.3. The number of rotatable bonds is 2. The van der Waals surface area contributed by atoms with E-state index in [4.69, 9.17) is 0 Å². The Morgan fingerprint density at radius 2 is 1.77 bits per heavy atom. The fourth-order valence-electron chi connectivity index (χ4n) is 0.859. The highest BCUT2D eigenvalue weighted by atomic mass is 32.1. The van der Waals surface area contributed by atoms with Crippen LogP contribution < -0.4 is 4.74 Å². The van der Waals surface area contributed by atoms with Crippen molar-refractivity contribution in [2.24, 2.45) is 0 Å². The smallest absolute Gasteiger partial charge is 0.369 e. The van der Waals surface area contributed by atoms with Crippen LogP contribution in [0.5, 0.6) is 5.75 Å². The van der Waals surface area contributed by atoms with E-state index >= 15 is 0 Å². The Balaban J connectivity index is 2.81. The van der Waals surface area contributed by atoms with Crippen molar-refractivity contribution in [1.29, 1.82) is 0 Å². The molecule has 0 radical (unpaired) electrons. The van der Waals surface area contributed by atoms with Gasteiger partial charge in [0.15, 0.2) is 5.78 Å². The summed E-state index contributed by atoms with van der Waals surface area (Å²) in [7, 11) is 0. The Labute approximate surface area is 81.1 Å². The van der Waals surface area contributed by atoms with Crippen LogP contribution in [-0.4, -0.2) is 11.1 Å². The van der Waals surface area contributed by atoms with E-state index in [0.717, 1.165) is 0 Å². The normalized spacial score (nSPS) is 9.38. The van der Waals surface area contributed by atoms with E-state index in [2.05, 4.69) is 17.4 Å². The van der Waals surface area contributed by atoms with E-state index in [9.17, 15) is 9.59 Å². The molecule has 1 aromatic rings. The predicted octanol–water partition coefficient (Wildman–Crippen LogP) is 2.32. The maximum atomic E-state index is 10.9. The molecule has 13 heavy (non-hydrogen) atoms. The molecular formula is C9H8O3S. The van der Waals surface area contributed by atoms with Gasteiger partial charge < -0.3 is 4.74 Å². The van der Waals surface area contributed by atoms with Gasteiger partial charge in [-0.05, 0) is 31.2 Å². The fraction of sp³-hybridized carbons (Fsp3) is 0.111. The Morgan fingerprint density at radius 1 is 1.23 bits per heavy atom. The summed E-state index contributed by atoms with van der Waals surface area (Å²) in [5.41, 5.74) is 0.582. The Bertz CT molecular complexity index is 329. The van der Waals surface area contributed by atoms with Crippen LogP contribution in [0.15, 0.2) is 24.3 Å². The van der Waals surface area contributed by atoms with Gasteiger partial charge in [-0.1, -0.05) is 12.6 Å². The van der Waals surface area contributed by atoms with Gasteiger partial charge >= 0.3 is 5.30 Å². The molecule has 3 nitrogen and oxygen atoms in total. The number of ether oxygens (including phenoxy) is 1. The lowest BCUT2D eigenvalue weighted by Crippen LogP contribution is -1.97. The van der Waals surface area contributed by atoms with E-state index in [-0.39, 0.29) is 5.78 Å². The summed E-state index contributed by atoms with van der Waals surface area (Å²) in [6.07, 6.45) is 0. The molecule has 0 atom stereocenters. The molecule has 1 aromatic carbocycles. The molecule has 68 valence electrons. The third-order valence-electron chi connectivity index (χ3n) is 1.47. The summed E-state index contributed by atoms with van der Waals surface area (Å²) in [5.74, 6) is 0.355. The number of Topliss-reactive ketones (excluding diaryl/α,β-unsaturated/α-hetero) is 1. The van der Waals surface area contributed by atoms with Crippen LogP contribution in [0.1, 0.15) is 17.3 Å². The van der Waals surface area contributed by atoms with Gasteiger partial charge in [0.1, 0.15) is 5.75 Å². The molecule has 0 saturated heterocycles. The van der Waals surface area contributed by atoms with Crippen molar-refractivity contribution >= 4 is 23.7 Å². The first kappa shape index (κ1) is 9.80. The second kappa shape index (κ2) is 4.09. The van der Waals surface area contributed by atoms with Crippen molar-refractivity contribution in [3.8, 4) is 5.75 Å². The minimum atomic E-state index is -0.671. The highest BCUT2D eigenvalue weighted by Gasteiger charge is 2.01. The molecule has 0 bridgehead atoms. The average molecular weight is 196 g/mol. The topological polar surface area (TPSA) is 43.4 Å². The maximum absolute atomic E-state index is 10.9. The average Bonchev–Trinajstić information content (AvgIpc) is 2.04. The van der Waals surface area contributed by atoms with Crippen molar-refractivity contribution < 1.29 is 14.3 Å². The van der Waals surface area contributed by atoms with E-state index in [1.165, 1.54) is 6.92 Å². The summed E-state index contributed by atoms with van der Waals surface area (Å²) in [6.45, 7) is 1.47. The number of ketones is 1. The summed E-state index contributed by atoms with van der Waals surface area (Å²) < 4.78 is 4.66. The van der Waals surface area contributed by atoms with Crippen LogP contribution in [0, 0.1) is 0 Å². The molecule has 0 fully saturated rings. The van der Waals surface area contributed by atoms with Gasteiger partial charge in [0.2, 0.25) is 0 Å². The first-order chi connectivity index (χ1) is 6.09. The number of carbonyl (C=O) groups is 2. The maximum Gasteiger partial charge on any atom is 0.369 e. The quantitative estimate of drug-likeness (QED) is 0.448. The molecule has 0 aromatic heterocycles. The molecule has 0 aliphatic rings. The van der Waals surface area contributed by atoms with Gasteiger partial charge in [-0.15, -0.1) is 0 Å². The lowest BCUT2D eigenvalue weighted by atomic mass is 10.1. The Hall–Kier alpha value is -1.29. The first-order valence-electron chi connectivity index (χ1n) is 3.61. The molecule has 0 aliphatic carbocycles. The van der Waals surface area contributed by atoms with Crippen LogP contribution in [0.25, 0.3) is 0 Å². The lowest BCUT2D eigenvalue weighted by molar-refractivity contribution is 0.101.